The topological polar surface area (TPSA) is 76.5 Å². The molecule has 0 fully saturated rings. The Hall–Kier alpha value is -3.55. The van der Waals surface area contributed by atoms with Gasteiger partial charge in [-0.05, 0) is 36.4 Å². The molecule has 3 heterocycles. The summed E-state index contributed by atoms with van der Waals surface area (Å²) in [6.45, 7) is 2.20. The maximum atomic E-state index is 13.1. The van der Waals surface area contributed by atoms with Crippen LogP contribution < -0.4 is 0 Å². The van der Waals surface area contributed by atoms with Gasteiger partial charge in [-0.15, -0.1) is 0 Å². The molecule has 0 aliphatic heterocycles. The predicted octanol–water partition coefficient (Wildman–Crippen LogP) is 3.15. The number of halogens is 1. The third-order valence-corrected chi connectivity index (χ3v) is 4.43. The molecule has 142 valence electrons. The van der Waals surface area contributed by atoms with E-state index in [1.165, 1.54) is 12.1 Å². The number of hydrogen-bond acceptors (Lipinski definition) is 5. The first-order chi connectivity index (χ1) is 13.5. The standard InChI is InChI=1S/C20H18FN5O2/c1-13-22-18(24-28-13)9-10-25(2)20(27)15-5-8-19-23-17(12-26(19)11-15)14-3-6-16(21)7-4-14/h3-8,11-12H,9-10H2,1-2H3. The Morgan fingerprint density at radius 1 is 1.14 bits per heavy atom. The van der Waals surface area contributed by atoms with Gasteiger partial charge >= 0.3 is 0 Å². The first kappa shape index (κ1) is 17.8. The molecular weight excluding hydrogens is 361 g/mol. The zero-order chi connectivity index (χ0) is 19.7. The van der Waals surface area contributed by atoms with Crippen molar-refractivity contribution >= 4 is 11.6 Å². The predicted molar refractivity (Wildman–Crippen MR) is 100 cm³/mol. The van der Waals surface area contributed by atoms with E-state index >= 15 is 0 Å². The van der Waals surface area contributed by atoms with Gasteiger partial charge in [-0.2, -0.15) is 4.98 Å². The fraction of sp³-hybridized carbons (Fsp3) is 0.200. The van der Waals surface area contributed by atoms with Gasteiger partial charge in [0.2, 0.25) is 5.89 Å². The van der Waals surface area contributed by atoms with Crippen molar-refractivity contribution in [3.63, 3.8) is 0 Å². The van der Waals surface area contributed by atoms with Crippen LogP contribution in [0.2, 0.25) is 0 Å². The number of imidazole rings is 1. The maximum Gasteiger partial charge on any atom is 0.255 e. The van der Waals surface area contributed by atoms with Crippen LogP contribution in [0.25, 0.3) is 16.9 Å². The number of pyridine rings is 1. The highest BCUT2D eigenvalue weighted by Crippen LogP contribution is 2.20. The summed E-state index contributed by atoms with van der Waals surface area (Å²) in [6.07, 6.45) is 4.08. The Bertz CT molecular complexity index is 1130. The number of aryl methyl sites for hydroxylation is 1. The Labute approximate surface area is 160 Å². The number of hydrogen-bond donors (Lipinski definition) is 0. The van der Waals surface area contributed by atoms with E-state index in [1.54, 1.807) is 53.7 Å². The lowest BCUT2D eigenvalue weighted by atomic mass is 10.2. The van der Waals surface area contributed by atoms with Gasteiger partial charge in [0.25, 0.3) is 5.91 Å². The van der Waals surface area contributed by atoms with Crippen molar-refractivity contribution in [2.45, 2.75) is 13.3 Å². The van der Waals surface area contributed by atoms with E-state index in [0.717, 1.165) is 5.56 Å². The third-order valence-electron chi connectivity index (χ3n) is 4.43. The summed E-state index contributed by atoms with van der Waals surface area (Å²) in [6, 6.07) is 9.68. The summed E-state index contributed by atoms with van der Waals surface area (Å²) in [5.41, 5.74) is 2.78. The van der Waals surface area contributed by atoms with Crippen molar-refractivity contribution in [1.82, 2.24) is 24.4 Å². The van der Waals surface area contributed by atoms with Crippen LogP contribution >= 0.6 is 0 Å². The average Bonchev–Trinajstić information content (AvgIpc) is 3.31. The van der Waals surface area contributed by atoms with E-state index in [9.17, 15) is 9.18 Å². The van der Waals surface area contributed by atoms with Gasteiger partial charge in [-0.1, -0.05) is 5.16 Å². The third kappa shape index (κ3) is 3.62. The largest absolute Gasteiger partial charge is 0.341 e. The SMILES string of the molecule is Cc1nc(CCN(C)C(=O)c2ccc3nc(-c4ccc(F)cc4)cn3c2)no1. The van der Waals surface area contributed by atoms with Crippen LogP contribution in [-0.2, 0) is 6.42 Å². The van der Waals surface area contributed by atoms with Gasteiger partial charge in [-0.25, -0.2) is 9.37 Å². The molecule has 0 spiro atoms. The highest BCUT2D eigenvalue weighted by molar-refractivity contribution is 5.94. The van der Waals surface area contributed by atoms with Crippen LogP contribution in [0.15, 0.2) is 53.3 Å². The summed E-state index contributed by atoms with van der Waals surface area (Å²) in [4.78, 5) is 23.0. The Morgan fingerprint density at radius 3 is 2.64 bits per heavy atom. The van der Waals surface area contributed by atoms with Crippen molar-refractivity contribution in [2.24, 2.45) is 0 Å². The molecule has 28 heavy (non-hydrogen) atoms. The van der Waals surface area contributed by atoms with E-state index in [1.807, 2.05) is 6.20 Å². The first-order valence-corrected chi connectivity index (χ1v) is 8.79. The second kappa shape index (κ2) is 7.22. The van der Waals surface area contributed by atoms with Crippen molar-refractivity contribution in [3.05, 3.63) is 71.9 Å². The zero-order valence-electron chi connectivity index (χ0n) is 15.5. The van der Waals surface area contributed by atoms with Crippen molar-refractivity contribution in [3.8, 4) is 11.3 Å². The molecule has 0 bridgehead atoms. The van der Waals surface area contributed by atoms with Gasteiger partial charge in [0.1, 0.15) is 11.5 Å². The zero-order valence-corrected chi connectivity index (χ0v) is 15.5. The van der Waals surface area contributed by atoms with Crippen LogP contribution in [0, 0.1) is 12.7 Å². The number of amides is 1. The van der Waals surface area contributed by atoms with Gasteiger partial charge in [0.05, 0.1) is 11.3 Å². The number of aromatic nitrogens is 4. The van der Waals surface area contributed by atoms with Crippen molar-refractivity contribution < 1.29 is 13.7 Å². The number of fused-ring (bicyclic) bond motifs is 1. The van der Waals surface area contributed by atoms with Gasteiger partial charge < -0.3 is 13.8 Å². The molecule has 1 amide bonds. The van der Waals surface area contributed by atoms with Gasteiger partial charge in [0, 0.05) is 44.9 Å². The highest BCUT2D eigenvalue weighted by atomic mass is 19.1. The fourth-order valence-electron chi connectivity index (χ4n) is 2.91. The molecule has 0 N–H and O–H groups in total. The van der Waals surface area contributed by atoms with Crippen molar-refractivity contribution in [1.29, 1.82) is 0 Å². The lowest BCUT2D eigenvalue weighted by Gasteiger charge is -2.16. The van der Waals surface area contributed by atoms with E-state index in [2.05, 4.69) is 15.1 Å². The molecule has 0 saturated carbocycles. The second-order valence-corrected chi connectivity index (χ2v) is 6.52. The lowest BCUT2D eigenvalue weighted by Crippen LogP contribution is -2.29. The summed E-state index contributed by atoms with van der Waals surface area (Å²) in [5.74, 6) is 0.677. The molecule has 4 aromatic rings. The van der Waals surface area contributed by atoms with Crippen LogP contribution in [0.4, 0.5) is 4.39 Å². The van der Waals surface area contributed by atoms with Crippen LogP contribution in [-0.4, -0.2) is 43.9 Å². The molecule has 8 heteroatoms. The monoisotopic (exact) mass is 379 g/mol. The van der Waals surface area contributed by atoms with Crippen molar-refractivity contribution in [2.75, 3.05) is 13.6 Å². The molecule has 4 rings (SSSR count). The average molecular weight is 379 g/mol. The summed E-state index contributed by atoms with van der Waals surface area (Å²) in [7, 11) is 1.73. The van der Waals surface area contributed by atoms with E-state index in [4.69, 9.17) is 4.52 Å². The number of benzene rings is 1. The summed E-state index contributed by atoms with van der Waals surface area (Å²) >= 11 is 0. The summed E-state index contributed by atoms with van der Waals surface area (Å²) in [5, 5.41) is 3.84. The van der Waals surface area contributed by atoms with E-state index < -0.39 is 0 Å². The minimum atomic E-state index is -0.292. The van der Waals surface area contributed by atoms with E-state index in [-0.39, 0.29) is 11.7 Å². The minimum Gasteiger partial charge on any atom is -0.341 e. The van der Waals surface area contributed by atoms with E-state index in [0.29, 0.717) is 41.6 Å². The Morgan fingerprint density at radius 2 is 1.93 bits per heavy atom. The number of carbonyl (C=O) groups excluding carboxylic acids is 1. The molecular formula is C20H18FN5O2. The van der Waals surface area contributed by atoms with Crippen LogP contribution in [0.1, 0.15) is 22.1 Å². The van der Waals surface area contributed by atoms with Crippen LogP contribution in [0.3, 0.4) is 0 Å². The van der Waals surface area contributed by atoms with Gasteiger partial charge in [-0.3, -0.25) is 4.79 Å². The molecule has 0 aliphatic rings. The Balaban J connectivity index is 1.51. The number of rotatable bonds is 5. The van der Waals surface area contributed by atoms with Crippen LogP contribution in [0.5, 0.6) is 0 Å². The fourth-order valence-corrected chi connectivity index (χ4v) is 2.91. The minimum absolute atomic E-state index is 0.112. The maximum absolute atomic E-state index is 13.1. The number of carbonyl (C=O) groups is 1. The molecule has 3 aromatic heterocycles. The number of nitrogens with zero attached hydrogens (tertiary/aromatic N) is 5. The second-order valence-electron chi connectivity index (χ2n) is 6.52. The normalized spacial score (nSPS) is 11.1. The molecule has 0 saturated heterocycles. The molecule has 0 unspecified atom stereocenters. The lowest BCUT2D eigenvalue weighted by molar-refractivity contribution is 0.0795. The molecule has 0 radical (unpaired) electrons. The Kier molecular flexibility index (Phi) is 4.60. The molecule has 0 atom stereocenters. The number of likely N-dealkylation sites (N-methyl/N-ethyl adjacent to an activating group) is 1. The van der Waals surface area contributed by atoms with Gasteiger partial charge in [0.15, 0.2) is 5.82 Å². The quantitative estimate of drug-likeness (QED) is 0.532. The summed E-state index contributed by atoms with van der Waals surface area (Å²) < 4.78 is 19.8. The molecule has 1 aromatic carbocycles. The first-order valence-electron chi connectivity index (χ1n) is 8.79. The molecule has 0 aliphatic carbocycles. The smallest absolute Gasteiger partial charge is 0.255 e. The molecule has 7 nitrogen and oxygen atoms in total. The highest BCUT2D eigenvalue weighted by Gasteiger charge is 2.14.